The molecule has 0 radical (unpaired) electrons. The fraction of sp³-hybridized carbons (Fsp3) is 0.250. The fourth-order valence-electron chi connectivity index (χ4n) is 2.32. The average molecular weight is 357 g/mol. The van der Waals surface area contributed by atoms with E-state index in [0.717, 1.165) is 5.56 Å². The Hall–Kier alpha value is -3.15. The normalized spacial score (nSPS) is 10.5. The molecule has 2 rings (SSSR count). The summed E-state index contributed by atoms with van der Waals surface area (Å²) < 4.78 is 21.2. The van der Waals surface area contributed by atoms with Crippen LogP contribution >= 0.6 is 0 Å². The maximum atomic E-state index is 12.2. The second-order valence-electron chi connectivity index (χ2n) is 5.23. The molecule has 0 saturated heterocycles. The van der Waals surface area contributed by atoms with Crippen LogP contribution in [0.1, 0.15) is 12.5 Å². The van der Waals surface area contributed by atoms with Crippen molar-refractivity contribution in [3.8, 4) is 23.0 Å². The quantitative estimate of drug-likeness (QED) is 0.729. The minimum absolute atomic E-state index is 0.288. The summed E-state index contributed by atoms with van der Waals surface area (Å²) in [5.41, 5.74) is 1.35. The topological polar surface area (TPSA) is 66.0 Å². The molecular weight excluding hydrogens is 334 g/mol. The van der Waals surface area contributed by atoms with Crippen molar-refractivity contribution in [2.75, 3.05) is 33.3 Å². The third-order valence-corrected chi connectivity index (χ3v) is 3.58. The first-order valence-corrected chi connectivity index (χ1v) is 8.13. The number of nitrogens with one attached hydrogen (secondary N) is 1. The van der Waals surface area contributed by atoms with Gasteiger partial charge in [0.05, 0.1) is 33.6 Å². The van der Waals surface area contributed by atoms with E-state index < -0.39 is 0 Å². The van der Waals surface area contributed by atoms with Crippen LogP contribution in [0, 0.1) is 0 Å². The average Bonchev–Trinajstić information content (AvgIpc) is 2.67. The molecule has 0 saturated carbocycles. The molecule has 0 bridgehead atoms. The van der Waals surface area contributed by atoms with Gasteiger partial charge in [0.2, 0.25) is 5.91 Å². The Labute approximate surface area is 153 Å². The summed E-state index contributed by atoms with van der Waals surface area (Å²) >= 11 is 0. The van der Waals surface area contributed by atoms with Gasteiger partial charge in [0.25, 0.3) is 0 Å². The Bertz CT molecular complexity index is 786. The predicted octanol–water partition coefficient (Wildman–Crippen LogP) is 3.76. The van der Waals surface area contributed by atoms with Crippen LogP contribution in [0.3, 0.4) is 0 Å². The highest BCUT2D eigenvalue weighted by Crippen LogP contribution is 2.30. The van der Waals surface area contributed by atoms with E-state index in [1.165, 1.54) is 6.08 Å². The zero-order chi connectivity index (χ0) is 18.9. The van der Waals surface area contributed by atoms with Gasteiger partial charge in [-0.2, -0.15) is 0 Å². The van der Waals surface area contributed by atoms with Crippen molar-refractivity contribution < 1.29 is 23.7 Å². The van der Waals surface area contributed by atoms with Gasteiger partial charge in [-0.15, -0.1) is 0 Å². The summed E-state index contributed by atoms with van der Waals surface area (Å²) in [6, 6.07) is 10.7. The van der Waals surface area contributed by atoms with Crippen LogP contribution in [-0.2, 0) is 4.79 Å². The maximum absolute atomic E-state index is 12.2. The highest BCUT2D eigenvalue weighted by atomic mass is 16.5. The molecule has 0 aliphatic heterocycles. The fourth-order valence-corrected chi connectivity index (χ4v) is 2.32. The van der Waals surface area contributed by atoms with Gasteiger partial charge in [-0.1, -0.05) is 6.07 Å². The van der Waals surface area contributed by atoms with Crippen LogP contribution in [0.15, 0.2) is 42.5 Å². The number of hydrogen-bond acceptors (Lipinski definition) is 5. The first kappa shape index (κ1) is 19.2. The number of rotatable bonds is 8. The zero-order valence-electron chi connectivity index (χ0n) is 15.4. The number of amides is 1. The molecule has 0 spiro atoms. The molecule has 0 aliphatic rings. The molecule has 2 aromatic carbocycles. The van der Waals surface area contributed by atoms with Crippen molar-refractivity contribution in [2.24, 2.45) is 0 Å². The van der Waals surface area contributed by atoms with Gasteiger partial charge in [0, 0.05) is 12.1 Å². The summed E-state index contributed by atoms with van der Waals surface area (Å²) in [6.07, 6.45) is 3.13. The summed E-state index contributed by atoms with van der Waals surface area (Å²) in [5.74, 6) is 2.17. The van der Waals surface area contributed by atoms with E-state index in [1.807, 2.05) is 19.1 Å². The van der Waals surface area contributed by atoms with E-state index in [2.05, 4.69) is 5.32 Å². The van der Waals surface area contributed by atoms with Crippen LogP contribution in [0.5, 0.6) is 23.0 Å². The third-order valence-electron chi connectivity index (χ3n) is 3.58. The third kappa shape index (κ3) is 4.92. The van der Waals surface area contributed by atoms with E-state index in [1.54, 1.807) is 51.7 Å². The van der Waals surface area contributed by atoms with Crippen molar-refractivity contribution in [1.29, 1.82) is 0 Å². The Kier molecular flexibility index (Phi) is 6.91. The lowest BCUT2D eigenvalue weighted by Gasteiger charge is -2.11. The molecule has 1 N–H and O–H groups in total. The first-order chi connectivity index (χ1) is 12.6. The number of methoxy groups -OCH3 is 3. The lowest BCUT2D eigenvalue weighted by Crippen LogP contribution is -2.09. The largest absolute Gasteiger partial charge is 0.497 e. The lowest BCUT2D eigenvalue weighted by atomic mass is 10.2. The lowest BCUT2D eigenvalue weighted by molar-refractivity contribution is -0.111. The Morgan fingerprint density at radius 2 is 1.69 bits per heavy atom. The van der Waals surface area contributed by atoms with Crippen LogP contribution in [0.25, 0.3) is 6.08 Å². The van der Waals surface area contributed by atoms with Crippen molar-refractivity contribution in [2.45, 2.75) is 6.92 Å². The van der Waals surface area contributed by atoms with Crippen LogP contribution in [-0.4, -0.2) is 33.8 Å². The molecule has 0 aliphatic carbocycles. The molecule has 0 fully saturated rings. The van der Waals surface area contributed by atoms with Crippen molar-refractivity contribution >= 4 is 17.7 Å². The molecule has 0 aromatic heterocycles. The van der Waals surface area contributed by atoms with Crippen LogP contribution in [0.2, 0.25) is 0 Å². The predicted molar refractivity (Wildman–Crippen MR) is 101 cm³/mol. The number of ether oxygens (including phenoxy) is 4. The molecule has 26 heavy (non-hydrogen) atoms. The summed E-state index contributed by atoms with van der Waals surface area (Å²) in [6.45, 7) is 2.46. The number of hydrogen-bond donors (Lipinski definition) is 1. The van der Waals surface area contributed by atoms with Gasteiger partial charge in [-0.05, 0) is 42.8 Å². The van der Waals surface area contributed by atoms with E-state index >= 15 is 0 Å². The Morgan fingerprint density at radius 3 is 2.35 bits per heavy atom. The molecule has 0 heterocycles. The van der Waals surface area contributed by atoms with Gasteiger partial charge >= 0.3 is 0 Å². The number of benzene rings is 2. The first-order valence-electron chi connectivity index (χ1n) is 8.13. The maximum Gasteiger partial charge on any atom is 0.248 e. The standard InChI is InChI=1S/C20H23NO5/c1-5-26-18-9-6-14(12-19(18)25-4)7-11-20(22)21-16-13-15(23-2)8-10-17(16)24-3/h6-13H,5H2,1-4H3,(H,21,22). The van der Waals surface area contributed by atoms with Crippen molar-refractivity contribution in [3.63, 3.8) is 0 Å². The van der Waals surface area contributed by atoms with Gasteiger partial charge in [-0.3, -0.25) is 4.79 Å². The van der Waals surface area contributed by atoms with E-state index in [9.17, 15) is 4.79 Å². The molecule has 0 atom stereocenters. The van der Waals surface area contributed by atoms with Gasteiger partial charge in [0.15, 0.2) is 11.5 Å². The van der Waals surface area contributed by atoms with Crippen LogP contribution in [0.4, 0.5) is 5.69 Å². The highest BCUT2D eigenvalue weighted by Gasteiger charge is 2.08. The van der Waals surface area contributed by atoms with Crippen molar-refractivity contribution in [1.82, 2.24) is 0 Å². The molecule has 2 aromatic rings. The summed E-state index contributed by atoms with van der Waals surface area (Å²) in [7, 11) is 4.68. The molecule has 6 nitrogen and oxygen atoms in total. The van der Waals surface area contributed by atoms with E-state index in [-0.39, 0.29) is 5.91 Å². The second kappa shape index (κ2) is 9.36. The molecular formula is C20H23NO5. The minimum atomic E-state index is -0.288. The van der Waals surface area contributed by atoms with E-state index in [4.69, 9.17) is 18.9 Å². The van der Waals surface area contributed by atoms with Gasteiger partial charge < -0.3 is 24.3 Å². The number of carbonyl (C=O) groups is 1. The number of carbonyl (C=O) groups excluding carboxylic acids is 1. The minimum Gasteiger partial charge on any atom is -0.497 e. The molecule has 6 heteroatoms. The number of anilines is 1. The van der Waals surface area contributed by atoms with Crippen LogP contribution < -0.4 is 24.3 Å². The van der Waals surface area contributed by atoms with Gasteiger partial charge in [-0.25, -0.2) is 0 Å². The Balaban J connectivity index is 2.12. The monoisotopic (exact) mass is 357 g/mol. The Morgan fingerprint density at radius 1 is 0.962 bits per heavy atom. The van der Waals surface area contributed by atoms with Gasteiger partial charge in [0.1, 0.15) is 11.5 Å². The molecule has 1 amide bonds. The molecule has 0 unspecified atom stereocenters. The second-order valence-corrected chi connectivity index (χ2v) is 5.23. The van der Waals surface area contributed by atoms with E-state index in [0.29, 0.717) is 35.3 Å². The summed E-state index contributed by atoms with van der Waals surface area (Å²) in [5, 5.41) is 2.78. The smallest absolute Gasteiger partial charge is 0.248 e. The van der Waals surface area contributed by atoms with Crippen molar-refractivity contribution in [3.05, 3.63) is 48.0 Å². The highest BCUT2D eigenvalue weighted by molar-refractivity contribution is 6.02. The SMILES string of the molecule is CCOc1ccc(C=CC(=O)Nc2cc(OC)ccc2OC)cc1OC. The zero-order valence-corrected chi connectivity index (χ0v) is 15.4. The summed E-state index contributed by atoms with van der Waals surface area (Å²) in [4.78, 5) is 12.2. The molecule has 138 valence electrons.